The van der Waals surface area contributed by atoms with E-state index >= 15 is 0 Å². The molecule has 1 unspecified atom stereocenters. The molecule has 2 aliphatic rings. The van der Waals surface area contributed by atoms with E-state index in [1.165, 1.54) is 0 Å². The molecule has 3 rings (SSSR count). The highest BCUT2D eigenvalue weighted by Crippen LogP contribution is 2.24. The number of imide groups is 1. The lowest BCUT2D eigenvalue weighted by Gasteiger charge is -2.38. The summed E-state index contributed by atoms with van der Waals surface area (Å²) in [5.41, 5.74) is -0.948. The number of rotatable bonds is 3. The van der Waals surface area contributed by atoms with Crippen molar-refractivity contribution in [2.45, 2.75) is 31.3 Å². The Bertz CT molecular complexity index is 570. The van der Waals surface area contributed by atoms with Gasteiger partial charge in [0, 0.05) is 31.9 Å². The van der Waals surface area contributed by atoms with Gasteiger partial charge in [0.05, 0.1) is 6.54 Å². The van der Waals surface area contributed by atoms with Crippen LogP contribution in [0.25, 0.3) is 0 Å². The van der Waals surface area contributed by atoms with Gasteiger partial charge in [0.1, 0.15) is 5.54 Å². The Kier molecular flexibility index (Phi) is 3.36. The minimum absolute atomic E-state index is 0.0291. The third-order valence-electron chi connectivity index (χ3n) is 3.97. The molecule has 0 bridgehead atoms. The van der Waals surface area contributed by atoms with E-state index in [1.54, 1.807) is 28.0 Å². The minimum atomic E-state index is -0.948. The molecule has 3 heterocycles. The van der Waals surface area contributed by atoms with Crippen LogP contribution in [-0.2, 0) is 16.1 Å². The van der Waals surface area contributed by atoms with E-state index in [4.69, 9.17) is 0 Å². The van der Waals surface area contributed by atoms with Crippen molar-refractivity contribution in [2.24, 2.45) is 0 Å². The fourth-order valence-corrected chi connectivity index (χ4v) is 2.88. The van der Waals surface area contributed by atoms with Crippen molar-refractivity contribution < 1.29 is 14.4 Å². The molecule has 2 N–H and O–H groups in total. The van der Waals surface area contributed by atoms with Gasteiger partial charge in [0.2, 0.25) is 5.91 Å². The number of carbonyl (C=O) groups is 3. The molecule has 1 spiro atoms. The van der Waals surface area contributed by atoms with Gasteiger partial charge in [-0.25, -0.2) is 4.79 Å². The SMILES string of the molecule is O=C1NC(=O)C2(CCCN(C(=O)CCn3cccn3)C2)N1. The summed E-state index contributed by atoms with van der Waals surface area (Å²) in [6.45, 7) is 1.36. The maximum absolute atomic E-state index is 12.3. The van der Waals surface area contributed by atoms with Gasteiger partial charge in [-0.3, -0.25) is 19.6 Å². The molecule has 2 fully saturated rings. The lowest BCUT2D eigenvalue weighted by molar-refractivity contribution is -0.136. The quantitative estimate of drug-likeness (QED) is 0.732. The molecule has 8 nitrogen and oxygen atoms in total. The molecule has 0 aliphatic carbocycles. The van der Waals surface area contributed by atoms with Crippen LogP contribution in [0.15, 0.2) is 18.5 Å². The van der Waals surface area contributed by atoms with Crippen molar-refractivity contribution in [1.82, 2.24) is 25.3 Å². The van der Waals surface area contributed by atoms with Crippen LogP contribution < -0.4 is 10.6 Å². The van der Waals surface area contributed by atoms with Crippen LogP contribution in [-0.4, -0.2) is 51.2 Å². The van der Waals surface area contributed by atoms with Crippen LogP contribution in [0.1, 0.15) is 19.3 Å². The van der Waals surface area contributed by atoms with Crippen molar-refractivity contribution in [2.75, 3.05) is 13.1 Å². The zero-order valence-corrected chi connectivity index (χ0v) is 11.5. The zero-order chi connectivity index (χ0) is 14.9. The first-order valence-electron chi connectivity index (χ1n) is 6.98. The first-order chi connectivity index (χ1) is 10.1. The maximum atomic E-state index is 12.3. The number of nitrogens with one attached hydrogen (secondary N) is 2. The van der Waals surface area contributed by atoms with Crippen molar-refractivity contribution in [1.29, 1.82) is 0 Å². The fraction of sp³-hybridized carbons (Fsp3) is 0.538. The van der Waals surface area contributed by atoms with E-state index in [2.05, 4.69) is 15.7 Å². The summed E-state index contributed by atoms with van der Waals surface area (Å²) in [7, 11) is 0. The van der Waals surface area contributed by atoms with Crippen molar-refractivity contribution >= 4 is 17.8 Å². The molecule has 0 radical (unpaired) electrons. The first kappa shape index (κ1) is 13.6. The number of likely N-dealkylation sites (tertiary alicyclic amines) is 1. The van der Waals surface area contributed by atoms with Crippen molar-refractivity contribution in [3.8, 4) is 0 Å². The van der Waals surface area contributed by atoms with E-state index < -0.39 is 11.6 Å². The highest BCUT2D eigenvalue weighted by molar-refractivity contribution is 6.07. The Morgan fingerprint density at radius 3 is 2.95 bits per heavy atom. The van der Waals surface area contributed by atoms with Crippen LogP contribution in [0.5, 0.6) is 0 Å². The second-order valence-electron chi connectivity index (χ2n) is 5.43. The van der Waals surface area contributed by atoms with Gasteiger partial charge in [-0.2, -0.15) is 5.10 Å². The number of hydrogen-bond donors (Lipinski definition) is 2. The lowest BCUT2D eigenvalue weighted by atomic mass is 9.89. The van der Waals surface area contributed by atoms with Gasteiger partial charge >= 0.3 is 6.03 Å². The Hall–Kier alpha value is -2.38. The largest absolute Gasteiger partial charge is 0.340 e. The summed E-state index contributed by atoms with van der Waals surface area (Å²) in [5.74, 6) is -0.365. The average Bonchev–Trinajstić information content (AvgIpc) is 3.06. The summed E-state index contributed by atoms with van der Waals surface area (Å²) in [5, 5.41) is 8.96. The Morgan fingerprint density at radius 1 is 1.43 bits per heavy atom. The van der Waals surface area contributed by atoms with Gasteiger partial charge in [-0.1, -0.05) is 0 Å². The second-order valence-corrected chi connectivity index (χ2v) is 5.43. The normalized spacial score (nSPS) is 25.0. The highest BCUT2D eigenvalue weighted by atomic mass is 16.2. The number of piperidine rings is 1. The predicted octanol–water partition coefficient (Wildman–Crippen LogP) is -0.526. The van der Waals surface area contributed by atoms with Crippen molar-refractivity contribution in [3.05, 3.63) is 18.5 Å². The molecule has 112 valence electrons. The van der Waals surface area contributed by atoms with Gasteiger partial charge in [-0.05, 0) is 18.9 Å². The number of carbonyl (C=O) groups excluding carboxylic acids is 3. The number of hydrogen-bond acceptors (Lipinski definition) is 4. The molecule has 4 amide bonds. The third kappa shape index (κ3) is 2.61. The molecular weight excluding hydrogens is 274 g/mol. The molecule has 1 aromatic heterocycles. The lowest BCUT2D eigenvalue weighted by Crippen LogP contribution is -2.59. The maximum Gasteiger partial charge on any atom is 0.322 e. The van der Waals surface area contributed by atoms with E-state index in [9.17, 15) is 14.4 Å². The first-order valence-corrected chi connectivity index (χ1v) is 6.98. The smallest absolute Gasteiger partial charge is 0.322 e. The Morgan fingerprint density at radius 2 is 2.29 bits per heavy atom. The molecule has 1 atom stereocenters. The number of nitrogens with zero attached hydrogens (tertiary/aromatic N) is 3. The van der Waals surface area contributed by atoms with Gasteiger partial charge in [0.25, 0.3) is 5.91 Å². The molecule has 0 saturated carbocycles. The molecule has 1 aromatic rings. The highest BCUT2D eigenvalue weighted by Gasteiger charge is 2.49. The van der Waals surface area contributed by atoms with Crippen molar-refractivity contribution in [3.63, 3.8) is 0 Å². The predicted molar refractivity (Wildman–Crippen MR) is 72.1 cm³/mol. The average molecular weight is 291 g/mol. The van der Waals surface area contributed by atoms with E-state index in [-0.39, 0.29) is 18.4 Å². The number of aromatic nitrogens is 2. The van der Waals surface area contributed by atoms with Crippen LogP contribution in [0, 0.1) is 0 Å². The molecule has 21 heavy (non-hydrogen) atoms. The third-order valence-corrected chi connectivity index (χ3v) is 3.97. The zero-order valence-electron chi connectivity index (χ0n) is 11.5. The standard InChI is InChI=1S/C13H17N5O3/c19-10(3-8-18-7-2-5-14-18)17-6-1-4-13(9-17)11(20)15-12(21)16-13/h2,5,7H,1,3-4,6,8-9H2,(H2,15,16,20,21). The van der Waals surface area contributed by atoms with Gasteiger partial charge in [-0.15, -0.1) is 0 Å². The van der Waals surface area contributed by atoms with Crippen LogP contribution in [0.4, 0.5) is 4.79 Å². The van der Waals surface area contributed by atoms with E-state index in [1.807, 2.05) is 0 Å². The second kappa shape index (κ2) is 5.19. The summed E-state index contributed by atoms with van der Waals surface area (Å²) in [6, 6.07) is 1.32. The van der Waals surface area contributed by atoms with Gasteiger partial charge < -0.3 is 10.2 Å². The number of amides is 4. The minimum Gasteiger partial charge on any atom is -0.340 e. The summed E-state index contributed by atoms with van der Waals surface area (Å²) in [4.78, 5) is 37.2. The molecule has 0 aromatic carbocycles. The summed E-state index contributed by atoms with van der Waals surface area (Å²) in [6.07, 6.45) is 5.05. The topological polar surface area (TPSA) is 96.3 Å². The number of urea groups is 1. The van der Waals surface area contributed by atoms with Crippen LogP contribution in [0.3, 0.4) is 0 Å². The molecular formula is C13H17N5O3. The van der Waals surface area contributed by atoms with E-state index in [0.717, 1.165) is 0 Å². The van der Waals surface area contributed by atoms with Gasteiger partial charge in [0.15, 0.2) is 0 Å². The molecule has 2 aliphatic heterocycles. The Balaban J connectivity index is 1.62. The van der Waals surface area contributed by atoms with Crippen LogP contribution in [0.2, 0.25) is 0 Å². The number of aryl methyl sites for hydroxylation is 1. The molecule has 2 saturated heterocycles. The van der Waals surface area contributed by atoms with Crippen LogP contribution >= 0.6 is 0 Å². The molecule has 8 heteroatoms. The monoisotopic (exact) mass is 291 g/mol. The van der Waals surface area contributed by atoms with E-state index in [0.29, 0.717) is 32.4 Å². The Labute approximate surface area is 121 Å². The summed E-state index contributed by atoms with van der Waals surface area (Å²) < 4.78 is 1.70. The summed E-state index contributed by atoms with van der Waals surface area (Å²) >= 11 is 0. The fourth-order valence-electron chi connectivity index (χ4n) is 2.88.